The second kappa shape index (κ2) is 7.32. The van der Waals surface area contributed by atoms with Crippen molar-refractivity contribution in [2.45, 2.75) is 13.8 Å². The summed E-state index contributed by atoms with van der Waals surface area (Å²) in [6, 6.07) is 14.8. The van der Waals surface area contributed by atoms with Gasteiger partial charge in [0, 0.05) is 23.9 Å². The number of non-ortho nitro benzene ring substituents is 1. The minimum atomic E-state index is -0.593. The highest BCUT2D eigenvalue weighted by molar-refractivity contribution is 6.08. The molecule has 0 fully saturated rings. The SMILES string of the molecule is Cc1ccc(-c2nc3ccc(C)cn3c2C(=O)Nc2cc([N+](=O)[O-])ccc2O)cc1. The molecule has 8 heteroatoms. The number of anilines is 1. The largest absolute Gasteiger partial charge is 0.506 e. The number of nitro benzene ring substituents is 1. The molecular weight excluding hydrogens is 384 g/mol. The first-order valence-electron chi connectivity index (χ1n) is 9.18. The molecule has 0 spiro atoms. The normalized spacial score (nSPS) is 10.9. The highest BCUT2D eigenvalue weighted by Crippen LogP contribution is 2.30. The monoisotopic (exact) mass is 402 g/mol. The summed E-state index contributed by atoms with van der Waals surface area (Å²) in [6.07, 6.45) is 1.79. The van der Waals surface area contributed by atoms with E-state index in [1.165, 1.54) is 12.1 Å². The molecular formula is C22H18N4O4. The summed E-state index contributed by atoms with van der Waals surface area (Å²) in [4.78, 5) is 28.3. The van der Waals surface area contributed by atoms with E-state index in [-0.39, 0.29) is 22.8 Å². The zero-order chi connectivity index (χ0) is 21.4. The number of benzene rings is 2. The first kappa shape index (κ1) is 19.1. The summed E-state index contributed by atoms with van der Waals surface area (Å²) in [6.45, 7) is 3.87. The van der Waals surface area contributed by atoms with E-state index in [1.807, 2.05) is 50.2 Å². The van der Waals surface area contributed by atoms with Gasteiger partial charge in [-0.1, -0.05) is 35.9 Å². The fourth-order valence-corrected chi connectivity index (χ4v) is 3.20. The van der Waals surface area contributed by atoms with Gasteiger partial charge in [-0.3, -0.25) is 19.3 Å². The number of aromatic hydroxyl groups is 1. The maximum atomic E-state index is 13.2. The molecule has 1 amide bonds. The Balaban J connectivity index is 1.85. The number of aryl methyl sites for hydroxylation is 2. The molecule has 4 rings (SSSR count). The Kier molecular flexibility index (Phi) is 4.67. The first-order valence-corrected chi connectivity index (χ1v) is 9.18. The van der Waals surface area contributed by atoms with Gasteiger partial charge in [0.05, 0.1) is 10.6 Å². The number of carbonyl (C=O) groups is 1. The van der Waals surface area contributed by atoms with E-state index in [9.17, 15) is 20.0 Å². The number of rotatable bonds is 4. The number of phenols is 1. The summed E-state index contributed by atoms with van der Waals surface area (Å²) in [7, 11) is 0. The maximum absolute atomic E-state index is 13.2. The molecule has 0 bridgehead atoms. The van der Waals surface area contributed by atoms with Gasteiger partial charge < -0.3 is 10.4 Å². The molecule has 0 aliphatic heterocycles. The van der Waals surface area contributed by atoms with Crippen LogP contribution in [-0.4, -0.2) is 25.3 Å². The van der Waals surface area contributed by atoms with Crippen LogP contribution in [0.25, 0.3) is 16.9 Å². The predicted molar refractivity (Wildman–Crippen MR) is 113 cm³/mol. The number of imidazole rings is 1. The minimum absolute atomic E-state index is 0.0494. The number of fused-ring (bicyclic) bond motifs is 1. The second-order valence-corrected chi connectivity index (χ2v) is 7.02. The molecule has 2 aromatic heterocycles. The first-order chi connectivity index (χ1) is 14.3. The number of amides is 1. The average Bonchev–Trinajstić information content (AvgIpc) is 3.08. The zero-order valence-corrected chi connectivity index (χ0v) is 16.3. The van der Waals surface area contributed by atoms with Crippen molar-refractivity contribution in [2.75, 3.05) is 5.32 Å². The van der Waals surface area contributed by atoms with Crippen LogP contribution in [0.15, 0.2) is 60.8 Å². The average molecular weight is 402 g/mol. The van der Waals surface area contributed by atoms with Crippen molar-refractivity contribution in [1.82, 2.24) is 9.38 Å². The molecule has 8 nitrogen and oxygen atoms in total. The Morgan fingerprint density at radius 2 is 1.77 bits per heavy atom. The van der Waals surface area contributed by atoms with Gasteiger partial charge in [-0.25, -0.2) is 4.98 Å². The maximum Gasteiger partial charge on any atom is 0.275 e. The number of hydrogen-bond acceptors (Lipinski definition) is 5. The Hall–Kier alpha value is -4.20. The molecule has 4 aromatic rings. The smallest absolute Gasteiger partial charge is 0.275 e. The third-order valence-corrected chi connectivity index (χ3v) is 4.75. The van der Waals surface area contributed by atoms with Crippen LogP contribution in [0.2, 0.25) is 0 Å². The number of nitrogens with one attached hydrogen (secondary N) is 1. The third-order valence-electron chi connectivity index (χ3n) is 4.75. The Morgan fingerprint density at radius 3 is 2.47 bits per heavy atom. The van der Waals surface area contributed by atoms with E-state index >= 15 is 0 Å². The Labute approximate surface area is 171 Å². The van der Waals surface area contributed by atoms with Gasteiger partial charge in [-0.15, -0.1) is 0 Å². The van der Waals surface area contributed by atoms with Gasteiger partial charge in [0.15, 0.2) is 0 Å². The number of nitrogens with zero attached hydrogens (tertiary/aromatic N) is 3. The number of hydrogen-bond donors (Lipinski definition) is 2. The topological polar surface area (TPSA) is 110 Å². The molecule has 0 unspecified atom stereocenters. The van der Waals surface area contributed by atoms with Crippen molar-refractivity contribution in [1.29, 1.82) is 0 Å². The van der Waals surface area contributed by atoms with E-state index in [0.717, 1.165) is 22.8 Å². The minimum Gasteiger partial charge on any atom is -0.506 e. The van der Waals surface area contributed by atoms with Crippen LogP contribution < -0.4 is 5.32 Å². The van der Waals surface area contributed by atoms with Gasteiger partial charge in [-0.2, -0.15) is 0 Å². The van der Waals surface area contributed by atoms with E-state index < -0.39 is 10.8 Å². The van der Waals surface area contributed by atoms with Gasteiger partial charge in [0.1, 0.15) is 22.8 Å². The molecule has 150 valence electrons. The third kappa shape index (κ3) is 3.46. The molecule has 0 aliphatic carbocycles. The standard InChI is InChI=1S/C22H18N4O4/c1-13-3-6-15(7-4-13)20-21(25-12-14(2)5-10-19(25)24-20)22(28)23-17-11-16(26(29)30)8-9-18(17)27/h3-12,27H,1-2H3,(H,23,28). The van der Waals surface area contributed by atoms with Crippen LogP contribution in [0.1, 0.15) is 21.6 Å². The lowest BCUT2D eigenvalue weighted by Gasteiger charge is -2.09. The lowest BCUT2D eigenvalue weighted by Crippen LogP contribution is -2.16. The highest BCUT2D eigenvalue weighted by atomic mass is 16.6. The van der Waals surface area contributed by atoms with Crippen molar-refractivity contribution in [3.8, 4) is 17.0 Å². The van der Waals surface area contributed by atoms with Crippen molar-refractivity contribution < 1.29 is 14.8 Å². The van der Waals surface area contributed by atoms with E-state index in [0.29, 0.717) is 11.3 Å². The van der Waals surface area contributed by atoms with Crippen LogP contribution in [0.4, 0.5) is 11.4 Å². The van der Waals surface area contributed by atoms with Crippen molar-refractivity contribution in [3.63, 3.8) is 0 Å². The lowest BCUT2D eigenvalue weighted by molar-refractivity contribution is -0.384. The van der Waals surface area contributed by atoms with Crippen LogP contribution in [0.3, 0.4) is 0 Å². The van der Waals surface area contributed by atoms with E-state index in [2.05, 4.69) is 10.3 Å². The molecule has 0 aliphatic rings. The second-order valence-electron chi connectivity index (χ2n) is 7.02. The fourth-order valence-electron chi connectivity index (χ4n) is 3.20. The van der Waals surface area contributed by atoms with E-state index in [4.69, 9.17) is 0 Å². The summed E-state index contributed by atoms with van der Waals surface area (Å²) < 4.78 is 1.67. The molecule has 0 atom stereocenters. The zero-order valence-electron chi connectivity index (χ0n) is 16.3. The van der Waals surface area contributed by atoms with Crippen LogP contribution in [0.5, 0.6) is 5.75 Å². The fraction of sp³-hybridized carbons (Fsp3) is 0.0909. The van der Waals surface area contributed by atoms with Crippen LogP contribution >= 0.6 is 0 Å². The van der Waals surface area contributed by atoms with Crippen molar-refractivity contribution in [2.24, 2.45) is 0 Å². The molecule has 0 saturated heterocycles. The van der Waals surface area contributed by atoms with E-state index in [1.54, 1.807) is 10.6 Å². The number of carbonyl (C=O) groups excluding carboxylic acids is 1. The molecule has 0 radical (unpaired) electrons. The van der Waals surface area contributed by atoms with Gasteiger partial charge in [-0.05, 0) is 31.5 Å². The Bertz CT molecular complexity index is 1290. The van der Waals surface area contributed by atoms with Gasteiger partial charge in [0.2, 0.25) is 0 Å². The molecule has 0 saturated carbocycles. The van der Waals surface area contributed by atoms with Gasteiger partial charge in [0.25, 0.3) is 11.6 Å². The summed E-state index contributed by atoms with van der Waals surface area (Å²) >= 11 is 0. The molecule has 2 heterocycles. The lowest BCUT2D eigenvalue weighted by atomic mass is 10.1. The quantitative estimate of drug-likeness (QED) is 0.297. The van der Waals surface area contributed by atoms with Gasteiger partial charge >= 0.3 is 0 Å². The number of phenolic OH excluding ortho intramolecular Hbond substituents is 1. The Morgan fingerprint density at radius 1 is 1.07 bits per heavy atom. The predicted octanol–water partition coefficient (Wildman–Crippen LogP) is 4.48. The number of pyridine rings is 1. The molecule has 2 aromatic carbocycles. The van der Waals surface area contributed by atoms with Crippen molar-refractivity contribution in [3.05, 3.63) is 87.7 Å². The molecule has 30 heavy (non-hydrogen) atoms. The number of aromatic nitrogens is 2. The number of nitro groups is 1. The summed E-state index contributed by atoms with van der Waals surface area (Å²) in [5, 5.41) is 23.7. The van der Waals surface area contributed by atoms with Crippen LogP contribution in [0, 0.1) is 24.0 Å². The van der Waals surface area contributed by atoms with Crippen LogP contribution in [-0.2, 0) is 0 Å². The highest BCUT2D eigenvalue weighted by Gasteiger charge is 2.22. The summed E-state index contributed by atoms with van der Waals surface area (Å²) in [5.74, 6) is -0.810. The van der Waals surface area contributed by atoms with Crippen molar-refractivity contribution >= 4 is 22.9 Å². The summed E-state index contributed by atoms with van der Waals surface area (Å²) in [5.41, 5.74) is 3.81. The molecule has 2 N–H and O–H groups in total.